The minimum absolute atomic E-state index is 0.0413. The zero-order valence-electron chi connectivity index (χ0n) is 23.9. The minimum atomic E-state index is -0.872. The first-order chi connectivity index (χ1) is 20.5. The summed E-state index contributed by atoms with van der Waals surface area (Å²) in [7, 11) is 0. The molecule has 0 radical (unpaired) electrons. The number of hydrogen-bond acceptors (Lipinski definition) is 8. The number of nitrogens with one attached hydrogen (secondary N) is 1. The predicted molar refractivity (Wildman–Crippen MR) is 160 cm³/mol. The Morgan fingerprint density at radius 3 is 2.93 bits per heavy atom. The maximum absolute atomic E-state index is 16.7. The largest absolute Gasteiger partial charge is 0.508 e. The number of hydrogen-bond donors (Lipinski definition) is 2. The Morgan fingerprint density at radius 1 is 1.14 bits per heavy atom. The fourth-order valence-electron chi connectivity index (χ4n) is 7.19. The van der Waals surface area contributed by atoms with Crippen molar-refractivity contribution in [3.05, 3.63) is 47.9 Å². The van der Waals surface area contributed by atoms with E-state index in [9.17, 15) is 9.50 Å². The van der Waals surface area contributed by atoms with Gasteiger partial charge in [-0.05, 0) is 67.2 Å². The third-order valence-electron chi connectivity index (χ3n) is 9.20. The lowest BCUT2D eigenvalue weighted by Gasteiger charge is -2.31. The first-order valence-corrected chi connectivity index (χ1v) is 15.0. The maximum atomic E-state index is 16.7. The van der Waals surface area contributed by atoms with Gasteiger partial charge in [0, 0.05) is 44.4 Å². The van der Waals surface area contributed by atoms with Crippen molar-refractivity contribution in [3.63, 3.8) is 0 Å². The molecule has 4 aromatic rings. The molecule has 0 aliphatic carbocycles. The molecule has 2 atom stereocenters. The van der Waals surface area contributed by atoms with E-state index in [2.05, 4.69) is 32.0 Å². The molecule has 2 aromatic heterocycles. The Hall–Kier alpha value is -3.63. The number of rotatable bonds is 6. The highest BCUT2D eigenvalue weighted by Gasteiger charge is 2.49. The van der Waals surface area contributed by atoms with Crippen molar-refractivity contribution < 1.29 is 18.6 Å². The van der Waals surface area contributed by atoms with E-state index < -0.39 is 12.0 Å². The van der Waals surface area contributed by atoms with Crippen LogP contribution in [0.5, 0.6) is 11.8 Å². The number of anilines is 1. The molecule has 5 heterocycles. The highest BCUT2D eigenvalue weighted by Crippen LogP contribution is 2.41. The Kier molecular flexibility index (Phi) is 7.06. The van der Waals surface area contributed by atoms with Gasteiger partial charge < -0.3 is 20.1 Å². The number of aromatic hydroxyl groups is 1. The SMILES string of the molecule is CCc1cccc2cc(O)cc(-c3ncc4c(N5CCCNCC5)nc(OC[C@@]56CCCN5C[C@H](F)C6)nc4c3F)c12. The van der Waals surface area contributed by atoms with Gasteiger partial charge in [-0.3, -0.25) is 9.88 Å². The number of aryl methyl sites for hydroxylation is 1. The summed E-state index contributed by atoms with van der Waals surface area (Å²) in [6.45, 7) is 6.72. The highest BCUT2D eigenvalue weighted by molar-refractivity contribution is 6.01. The van der Waals surface area contributed by atoms with Crippen LogP contribution in [0.4, 0.5) is 14.6 Å². The molecule has 3 fully saturated rings. The average Bonchev–Trinajstić information content (AvgIpc) is 3.37. The fourth-order valence-corrected chi connectivity index (χ4v) is 7.19. The molecule has 0 bridgehead atoms. The van der Waals surface area contributed by atoms with Gasteiger partial charge in [0.2, 0.25) is 0 Å². The van der Waals surface area contributed by atoms with E-state index in [-0.39, 0.29) is 35.1 Å². The molecule has 42 heavy (non-hydrogen) atoms. The topological polar surface area (TPSA) is 86.6 Å². The lowest BCUT2D eigenvalue weighted by atomic mass is 9.95. The molecule has 3 aliphatic rings. The van der Waals surface area contributed by atoms with Crippen molar-refractivity contribution >= 4 is 27.5 Å². The molecule has 0 unspecified atom stereocenters. The summed E-state index contributed by atoms with van der Waals surface area (Å²) in [4.78, 5) is 18.3. The normalized spacial score (nSPS) is 23.0. The second-order valence-corrected chi connectivity index (χ2v) is 11.8. The van der Waals surface area contributed by atoms with Crippen molar-refractivity contribution in [2.45, 2.75) is 50.7 Å². The third-order valence-corrected chi connectivity index (χ3v) is 9.20. The van der Waals surface area contributed by atoms with E-state index >= 15 is 4.39 Å². The van der Waals surface area contributed by atoms with Gasteiger partial charge in [-0.15, -0.1) is 0 Å². The van der Waals surface area contributed by atoms with Crippen molar-refractivity contribution in [1.29, 1.82) is 0 Å². The van der Waals surface area contributed by atoms with E-state index in [1.165, 1.54) is 0 Å². The molecule has 3 aliphatic heterocycles. The second-order valence-electron chi connectivity index (χ2n) is 11.8. The van der Waals surface area contributed by atoms with Crippen LogP contribution in [0.25, 0.3) is 32.9 Å². The Bertz CT molecular complexity index is 1640. The number of aromatic nitrogens is 3. The first kappa shape index (κ1) is 27.2. The summed E-state index contributed by atoms with van der Waals surface area (Å²) in [6.07, 6.45) is 4.72. The van der Waals surface area contributed by atoms with E-state index in [1.54, 1.807) is 18.3 Å². The van der Waals surface area contributed by atoms with Gasteiger partial charge in [0.05, 0.1) is 10.9 Å². The summed E-state index contributed by atoms with van der Waals surface area (Å²) in [5.74, 6) is 0.0407. The predicted octanol–water partition coefficient (Wildman–Crippen LogP) is 5.01. The Morgan fingerprint density at radius 2 is 2.05 bits per heavy atom. The van der Waals surface area contributed by atoms with Crippen LogP contribution in [0.3, 0.4) is 0 Å². The van der Waals surface area contributed by atoms with E-state index in [1.807, 2.05) is 18.2 Å². The number of pyridine rings is 1. The average molecular weight is 575 g/mol. The van der Waals surface area contributed by atoms with Crippen LogP contribution in [0.15, 0.2) is 36.5 Å². The van der Waals surface area contributed by atoms with Crippen LogP contribution in [0.1, 0.15) is 38.2 Å². The number of nitrogens with zero attached hydrogens (tertiary/aromatic N) is 5. The number of phenols is 1. The summed E-state index contributed by atoms with van der Waals surface area (Å²) in [5.41, 5.74) is 1.43. The molecule has 3 saturated heterocycles. The molecule has 10 heteroatoms. The van der Waals surface area contributed by atoms with Crippen LogP contribution >= 0.6 is 0 Å². The molecule has 0 spiro atoms. The molecule has 7 rings (SSSR count). The molecule has 0 saturated carbocycles. The van der Waals surface area contributed by atoms with Crippen LogP contribution < -0.4 is 15.0 Å². The highest BCUT2D eigenvalue weighted by atomic mass is 19.1. The van der Waals surface area contributed by atoms with Crippen molar-refractivity contribution in [2.24, 2.45) is 0 Å². The zero-order valence-corrected chi connectivity index (χ0v) is 23.9. The Labute approximate surface area is 243 Å². The maximum Gasteiger partial charge on any atom is 0.319 e. The number of fused-ring (bicyclic) bond motifs is 3. The lowest BCUT2D eigenvalue weighted by molar-refractivity contribution is 0.107. The van der Waals surface area contributed by atoms with E-state index in [4.69, 9.17) is 9.72 Å². The van der Waals surface area contributed by atoms with E-state index in [0.717, 1.165) is 68.2 Å². The van der Waals surface area contributed by atoms with Gasteiger partial charge in [0.25, 0.3) is 0 Å². The van der Waals surface area contributed by atoms with Crippen LogP contribution in [-0.4, -0.2) is 82.5 Å². The van der Waals surface area contributed by atoms with Gasteiger partial charge in [-0.25, -0.2) is 8.78 Å². The monoisotopic (exact) mass is 574 g/mol. The summed E-state index contributed by atoms with van der Waals surface area (Å²) in [6, 6.07) is 9.20. The van der Waals surface area contributed by atoms with Gasteiger partial charge in [-0.2, -0.15) is 9.97 Å². The quantitative estimate of drug-likeness (QED) is 0.333. The van der Waals surface area contributed by atoms with Gasteiger partial charge in [0.15, 0.2) is 5.82 Å². The second kappa shape index (κ2) is 10.9. The van der Waals surface area contributed by atoms with Gasteiger partial charge >= 0.3 is 6.01 Å². The number of alkyl halides is 1. The van der Waals surface area contributed by atoms with Crippen LogP contribution in [0.2, 0.25) is 0 Å². The standard InChI is InChI=1S/C32H36F2N6O2/c1-2-20-6-3-7-21-14-23(41)15-24(26(20)21)28-27(34)29-25(17-36-28)30(39-11-5-9-35-10-13-39)38-31(37-29)42-19-32-8-4-12-40(32)18-22(33)16-32/h3,6-7,14-15,17,22,35,41H,2,4-5,8-13,16,18-19H2,1H3/t22-,32+/m1/s1. The molecule has 2 aromatic carbocycles. The van der Waals surface area contributed by atoms with Crippen molar-refractivity contribution in [1.82, 2.24) is 25.2 Å². The van der Waals surface area contributed by atoms with Gasteiger partial charge in [0.1, 0.15) is 35.6 Å². The number of halogens is 2. The van der Waals surface area contributed by atoms with Crippen molar-refractivity contribution in [3.8, 4) is 23.0 Å². The molecule has 220 valence electrons. The minimum Gasteiger partial charge on any atom is -0.508 e. The number of ether oxygens (including phenoxy) is 1. The third kappa shape index (κ3) is 4.70. The summed E-state index contributed by atoms with van der Waals surface area (Å²) < 4.78 is 37.3. The number of benzene rings is 2. The lowest BCUT2D eigenvalue weighted by Crippen LogP contribution is -2.43. The van der Waals surface area contributed by atoms with Gasteiger partial charge in [-0.1, -0.05) is 25.1 Å². The molecular weight excluding hydrogens is 538 g/mol. The zero-order chi connectivity index (χ0) is 28.8. The van der Waals surface area contributed by atoms with Crippen LogP contribution in [0, 0.1) is 5.82 Å². The summed E-state index contributed by atoms with van der Waals surface area (Å²) in [5, 5.41) is 16.1. The molecule has 8 nitrogen and oxygen atoms in total. The smallest absolute Gasteiger partial charge is 0.319 e. The van der Waals surface area contributed by atoms with Crippen molar-refractivity contribution in [2.75, 3.05) is 50.8 Å². The molecule has 0 amide bonds. The van der Waals surface area contributed by atoms with E-state index in [0.29, 0.717) is 36.3 Å². The first-order valence-electron chi connectivity index (χ1n) is 15.0. The molecular formula is C32H36F2N6O2. The summed E-state index contributed by atoms with van der Waals surface area (Å²) >= 11 is 0. The number of phenolic OH excluding ortho intramolecular Hbond substituents is 1. The molecule has 2 N–H and O–H groups in total. The fraction of sp³-hybridized carbons (Fsp3) is 0.469. The van der Waals surface area contributed by atoms with Crippen LogP contribution in [-0.2, 0) is 6.42 Å². The Balaban J connectivity index is 1.36.